The van der Waals surface area contributed by atoms with Crippen LogP contribution < -0.4 is 16.0 Å². The Balaban J connectivity index is 1.66. The van der Waals surface area contributed by atoms with E-state index in [1.807, 2.05) is 18.7 Å². The molecule has 0 aromatic heterocycles. The molecule has 2 aromatic rings. The predicted octanol–water partition coefficient (Wildman–Crippen LogP) is 4.09. The Kier molecular flexibility index (Phi) is 7.06. The van der Waals surface area contributed by atoms with Crippen molar-refractivity contribution in [1.82, 2.24) is 10.2 Å². The van der Waals surface area contributed by atoms with Crippen LogP contribution in [0.15, 0.2) is 48.5 Å². The quantitative estimate of drug-likeness (QED) is 0.696. The lowest BCUT2D eigenvalue weighted by molar-refractivity contribution is 0.0724. The zero-order valence-corrected chi connectivity index (χ0v) is 17.4. The van der Waals surface area contributed by atoms with Crippen molar-refractivity contribution < 1.29 is 14.4 Å². The summed E-state index contributed by atoms with van der Waals surface area (Å²) in [6, 6.07) is 13.4. The molecule has 30 heavy (non-hydrogen) atoms. The molecule has 1 saturated heterocycles. The van der Waals surface area contributed by atoms with Gasteiger partial charge in [0.05, 0.1) is 0 Å². The molecule has 0 unspecified atom stereocenters. The molecule has 2 aromatic carbocycles. The topological polar surface area (TPSA) is 90.5 Å². The highest BCUT2D eigenvalue weighted by Gasteiger charge is 2.18. The third kappa shape index (κ3) is 5.83. The van der Waals surface area contributed by atoms with Crippen LogP contribution in [0.4, 0.5) is 16.2 Å². The van der Waals surface area contributed by atoms with Crippen LogP contribution in [0.2, 0.25) is 0 Å². The first kappa shape index (κ1) is 21.4. The van der Waals surface area contributed by atoms with Gasteiger partial charge in [-0.1, -0.05) is 12.1 Å². The van der Waals surface area contributed by atoms with Gasteiger partial charge in [0.1, 0.15) is 0 Å². The second-order valence-electron chi connectivity index (χ2n) is 7.72. The number of rotatable bonds is 5. The van der Waals surface area contributed by atoms with E-state index in [4.69, 9.17) is 0 Å². The standard InChI is InChI=1S/C23H28N4O3/c1-16(2)24-23(30)26-20-11-6-8-17(14-20)21(28)25-19-10-7-9-18(15-19)22(29)27-12-4-3-5-13-27/h6-11,14-16H,3-5,12-13H2,1-2H3,(H,25,28)(H2,24,26,30). The molecule has 1 heterocycles. The lowest BCUT2D eigenvalue weighted by Gasteiger charge is -2.26. The van der Waals surface area contributed by atoms with Crippen LogP contribution in [-0.2, 0) is 0 Å². The van der Waals surface area contributed by atoms with Gasteiger partial charge in [-0.25, -0.2) is 4.79 Å². The summed E-state index contributed by atoms with van der Waals surface area (Å²) in [5.41, 5.74) is 2.05. The molecular formula is C23H28N4O3. The van der Waals surface area contributed by atoms with Crippen molar-refractivity contribution in [2.45, 2.75) is 39.2 Å². The monoisotopic (exact) mass is 408 g/mol. The summed E-state index contributed by atoms with van der Waals surface area (Å²) in [6.07, 6.45) is 3.22. The van der Waals surface area contributed by atoms with Gasteiger partial charge in [0.25, 0.3) is 11.8 Å². The third-order valence-electron chi connectivity index (χ3n) is 4.81. The van der Waals surface area contributed by atoms with E-state index in [1.165, 1.54) is 0 Å². The van der Waals surface area contributed by atoms with Crippen LogP contribution in [0.25, 0.3) is 0 Å². The van der Waals surface area contributed by atoms with Crippen molar-refractivity contribution in [3.63, 3.8) is 0 Å². The van der Waals surface area contributed by atoms with Gasteiger partial charge in [0.2, 0.25) is 0 Å². The first-order valence-corrected chi connectivity index (χ1v) is 10.3. The number of likely N-dealkylation sites (tertiary alicyclic amines) is 1. The molecule has 3 rings (SSSR count). The van der Waals surface area contributed by atoms with Crippen molar-refractivity contribution >= 4 is 29.2 Å². The zero-order chi connectivity index (χ0) is 21.5. The van der Waals surface area contributed by atoms with Crippen LogP contribution in [0, 0.1) is 0 Å². The normalized spacial score (nSPS) is 13.6. The van der Waals surface area contributed by atoms with Crippen molar-refractivity contribution in [3.05, 3.63) is 59.7 Å². The Morgan fingerprint density at radius 1 is 0.833 bits per heavy atom. The molecule has 4 amide bonds. The molecule has 1 aliphatic rings. The Bertz CT molecular complexity index is 920. The minimum absolute atomic E-state index is 0.00633. The van der Waals surface area contributed by atoms with Crippen LogP contribution >= 0.6 is 0 Å². The maximum atomic E-state index is 12.7. The van der Waals surface area contributed by atoms with Gasteiger partial charge in [-0.05, 0) is 69.5 Å². The van der Waals surface area contributed by atoms with Gasteiger partial charge >= 0.3 is 6.03 Å². The van der Waals surface area contributed by atoms with Crippen LogP contribution in [0.5, 0.6) is 0 Å². The second-order valence-corrected chi connectivity index (χ2v) is 7.72. The lowest BCUT2D eigenvalue weighted by Crippen LogP contribution is -2.35. The summed E-state index contributed by atoms with van der Waals surface area (Å²) >= 11 is 0. The SMILES string of the molecule is CC(C)NC(=O)Nc1cccc(C(=O)Nc2cccc(C(=O)N3CCCCC3)c2)c1. The molecule has 0 atom stereocenters. The first-order valence-electron chi connectivity index (χ1n) is 10.3. The number of urea groups is 1. The lowest BCUT2D eigenvalue weighted by atomic mass is 10.1. The average molecular weight is 409 g/mol. The van der Waals surface area contributed by atoms with E-state index in [1.54, 1.807) is 48.5 Å². The van der Waals surface area contributed by atoms with Crippen molar-refractivity contribution in [3.8, 4) is 0 Å². The number of hydrogen-bond acceptors (Lipinski definition) is 3. The molecule has 0 saturated carbocycles. The predicted molar refractivity (Wildman–Crippen MR) is 118 cm³/mol. The number of hydrogen-bond donors (Lipinski definition) is 3. The zero-order valence-electron chi connectivity index (χ0n) is 17.4. The molecule has 7 nitrogen and oxygen atoms in total. The highest BCUT2D eigenvalue weighted by atomic mass is 16.2. The Hall–Kier alpha value is -3.35. The van der Waals surface area contributed by atoms with Crippen molar-refractivity contribution in [2.75, 3.05) is 23.7 Å². The fourth-order valence-electron chi connectivity index (χ4n) is 3.38. The van der Waals surface area contributed by atoms with E-state index in [-0.39, 0.29) is 23.9 Å². The van der Waals surface area contributed by atoms with E-state index in [2.05, 4.69) is 16.0 Å². The molecule has 0 radical (unpaired) electrons. The highest BCUT2D eigenvalue weighted by molar-refractivity contribution is 6.06. The molecular weight excluding hydrogens is 380 g/mol. The summed E-state index contributed by atoms with van der Waals surface area (Å²) in [7, 11) is 0. The molecule has 0 bridgehead atoms. The van der Waals surface area contributed by atoms with Gasteiger partial charge in [0, 0.05) is 41.6 Å². The first-order chi connectivity index (χ1) is 14.4. The van der Waals surface area contributed by atoms with Gasteiger partial charge in [-0.15, -0.1) is 0 Å². The van der Waals surface area contributed by atoms with Gasteiger partial charge < -0.3 is 20.9 Å². The van der Waals surface area contributed by atoms with E-state index in [0.29, 0.717) is 22.5 Å². The van der Waals surface area contributed by atoms with Gasteiger partial charge in [-0.2, -0.15) is 0 Å². The average Bonchev–Trinajstić information content (AvgIpc) is 2.73. The molecule has 7 heteroatoms. The summed E-state index contributed by atoms with van der Waals surface area (Å²) in [5, 5.41) is 8.28. The smallest absolute Gasteiger partial charge is 0.319 e. The molecule has 3 N–H and O–H groups in total. The van der Waals surface area contributed by atoms with E-state index >= 15 is 0 Å². The third-order valence-corrected chi connectivity index (χ3v) is 4.81. The van der Waals surface area contributed by atoms with E-state index in [0.717, 1.165) is 32.4 Å². The molecule has 0 spiro atoms. The van der Waals surface area contributed by atoms with Crippen LogP contribution in [-0.4, -0.2) is 41.9 Å². The maximum Gasteiger partial charge on any atom is 0.319 e. The number of piperidine rings is 1. The minimum atomic E-state index is -0.327. The Morgan fingerprint density at radius 3 is 2.10 bits per heavy atom. The molecule has 158 valence electrons. The number of benzene rings is 2. The Morgan fingerprint density at radius 2 is 1.43 bits per heavy atom. The van der Waals surface area contributed by atoms with Gasteiger partial charge in [0.15, 0.2) is 0 Å². The fourth-order valence-corrected chi connectivity index (χ4v) is 3.38. The summed E-state index contributed by atoms with van der Waals surface area (Å²) in [6.45, 7) is 5.29. The highest BCUT2D eigenvalue weighted by Crippen LogP contribution is 2.18. The maximum absolute atomic E-state index is 12.7. The molecule has 0 aliphatic carbocycles. The van der Waals surface area contributed by atoms with Gasteiger partial charge in [-0.3, -0.25) is 9.59 Å². The second kappa shape index (κ2) is 9.91. The number of anilines is 2. The number of carbonyl (C=O) groups is 3. The van der Waals surface area contributed by atoms with E-state index in [9.17, 15) is 14.4 Å². The number of nitrogens with zero attached hydrogens (tertiary/aromatic N) is 1. The summed E-state index contributed by atoms with van der Waals surface area (Å²) in [5.74, 6) is -0.321. The fraction of sp³-hybridized carbons (Fsp3) is 0.348. The number of carbonyl (C=O) groups excluding carboxylic acids is 3. The van der Waals surface area contributed by atoms with Crippen LogP contribution in [0.3, 0.4) is 0 Å². The molecule has 1 fully saturated rings. The number of amides is 4. The van der Waals surface area contributed by atoms with E-state index < -0.39 is 0 Å². The minimum Gasteiger partial charge on any atom is -0.339 e. The van der Waals surface area contributed by atoms with Crippen molar-refractivity contribution in [2.24, 2.45) is 0 Å². The summed E-state index contributed by atoms with van der Waals surface area (Å²) in [4.78, 5) is 39.1. The number of nitrogens with one attached hydrogen (secondary N) is 3. The molecule has 1 aliphatic heterocycles. The van der Waals surface area contributed by atoms with Crippen molar-refractivity contribution in [1.29, 1.82) is 0 Å². The summed E-state index contributed by atoms with van der Waals surface area (Å²) < 4.78 is 0. The largest absolute Gasteiger partial charge is 0.339 e. The Labute approximate surface area is 176 Å². The van der Waals surface area contributed by atoms with Crippen LogP contribution in [0.1, 0.15) is 53.8 Å².